The molecule has 28 heavy (non-hydrogen) atoms. The van der Waals surface area contributed by atoms with Gasteiger partial charge in [-0.05, 0) is 60.9 Å². The maximum absolute atomic E-state index is 12.8. The van der Waals surface area contributed by atoms with Gasteiger partial charge in [0.15, 0.2) is 0 Å². The first-order valence-corrected chi connectivity index (χ1v) is 11.3. The van der Waals surface area contributed by atoms with Crippen molar-refractivity contribution in [3.05, 3.63) is 59.4 Å². The van der Waals surface area contributed by atoms with Gasteiger partial charge in [0.05, 0.1) is 4.90 Å². The van der Waals surface area contributed by atoms with E-state index >= 15 is 0 Å². The van der Waals surface area contributed by atoms with Gasteiger partial charge < -0.3 is 4.42 Å². The predicted octanol–water partition coefficient (Wildman–Crippen LogP) is 5.69. The van der Waals surface area contributed by atoms with Gasteiger partial charge in [-0.15, -0.1) is 0 Å². The third-order valence-corrected chi connectivity index (χ3v) is 7.45. The summed E-state index contributed by atoms with van der Waals surface area (Å²) in [7, 11) is -3.63. The van der Waals surface area contributed by atoms with Crippen molar-refractivity contribution in [1.29, 1.82) is 0 Å². The standard InChI is InChI=1S/C23H27NO3S/c1-15-7-5-6-8-22(15)28(25,26)24-17-10-12-21-19(14-17)18-13-16(23(2,3)4)9-11-20(18)27-21/h5-8,10,12,14,16,24H,9,11,13H2,1-4H3. The maximum Gasteiger partial charge on any atom is 0.262 e. The first kappa shape index (κ1) is 19.1. The highest BCUT2D eigenvalue weighted by molar-refractivity contribution is 7.92. The molecule has 5 heteroatoms. The minimum atomic E-state index is -3.63. The van der Waals surface area contributed by atoms with Crippen LogP contribution in [0.25, 0.3) is 11.0 Å². The van der Waals surface area contributed by atoms with Gasteiger partial charge in [0.1, 0.15) is 11.3 Å². The molecule has 1 N–H and O–H groups in total. The van der Waals surface area contributed by atoms with Gasteiger partial charge >= 0.3 is 0 Å². The van der Waals surface area contributed by atoms with E-state index in [0.29, 0.717) is 16.5 Å². The molecule has 0 amide bonds. The van der Waals surface area contributed by atoms with E-state index in [9.17, 15) is 8.42 Å². The molecule has 0 bridgehead atoms. The Morgan fingerprint density at radius 2 is 1.86 bits per heavy atom. The van der Waals surface area contributed by atoms with Gasteiger partial charge in [0.25, 0.3) is 10.0 Å². The highest BCUT2D eigenvalue weighted by atomic mass is 32.2. The molecule has 1 atom stereocenters. The molecule has 2 aromatic carbocycles. The van der Waals surface area contributed by atoms with Crippen molar-refractivity contribution in [1.82, 2.24) is 0 Å². The van der Waals surface area contributed by atoms with Crippen LogP contribution >= 0.6 is 0 Å². The Labute approximate surface area is 167 Å². The van der Waals surface area contributed by atoms with Crippen LogP contribution in [-0.4, -0.2) is 8.42 Å². The number of nitrogens with one attached hydrogen (secondary N) is 1. The van der Waals surface area contributed by atoms with Gasteiger partial charge in [-0.25, -0.2) is 8.42 Å². The average molecular weight is 398 g/mol. The minimum absolute atomic E-state index is 0.241. The van der Waals surface area contributed by atoms with Gasteiger partial charge in [0.2, 0.25) is 0 Å². The van der Waals surface area contributed by atoms with Crippen molar-refractivity contribution in [3.8, 4) is 0 Å². The Morgan fingerprint density at radius 1 is 1.11 bits per heavy atom. The first-order valence-electron chi connectivity index (χ1n) is 9.78. The number of benzene rings is 2. The largest absolute Gasteiger partial charge is 0.461 e. The smallest absolute Gasteiger partial charge is 0.262 e. The fourth-order valence-corrected chi connectivity index (χ4v) is 5.45. The van der Waals surface area contributed by atoms with E-state index in [1.165, 1.54) is 5.56 Å². The number of furan rings is 1. The van der Waals surface area contributed by atoms with Crippen LogP contribution < -0.4 is 4.72 Å². The van der Waals surface area contributed by atoms with Crippen LogP contribution in [0.4, 0.5) is 5.69 Å². The van der Waals surface area contributed by atoms with E-state index in [0.717, 1.165) is 41.6 Å². The summed E-state index contributed by atoms with van der Waals surface area (Å²) in [6.07, 6.45) is 3.04. The molecule has 0 aliphatic heterocycles. The quantitative estimate of drug-likeness (QED) is 0.617. The van der Waals surface area contributed by atoms with E-state index in [1.807, 2.05) is 18.2 Å². The maximum atomic E-state index is 12.8. The first-order chi connectivity index (χ1) is 13.1. The molecule has 1 aliphatic carbocycles. The third-order valence-electron chi connectivity index (χ3n) is 5.90. The van der Waals surface area contributed by atoms with Gasteiger partial charge in [-0.3, -0.25) is 4.72 Å². The Kier molecular flexibility index (Phi) is 4.53. The normalized spacial score (nSPS) is 17.5. The van der Waals surface area contributed by atoms with E-state index in [1.54, 1.807) is 31.2 Å². The van der Waals surface area contributed by atoms with Crippen molar-refractivity contribution in [2.75, 3.05) is 4.72 Å². The minimum Gasteiger partial charge on any atom is -0.461 e. The summed E-state index contributed by atoms with van der Waals surface area (Å²) in [6.45, 7) is 8.66. The molecule has 148 valence electrons. The molecule has 0 saturated carbocycles. The van der Waals surface area contributed by atoms with E-state index in [-0.39, 0.29) is 5.41 Å². The van der Waals surface area contributed by atoms with Gasteiger partial charge in [0, 0.05) is 23.1 Å². The highest BCUT2D eigenvalue weighted by Gasteiger charge is 2.31. The molecular formula is C23H27NO3S. The van der Waals surface area contributed by atoms with Crippen molar-refractivity contribution < 1.29 is 12.8 Å². The molecule has 0 fully saturated rings. The third kappa shape index (κ3) is 3.44. The zero-order valence-electron chi connectivity index (χ0n) is 16.9. The van der Waals surface area contributed by atoms with Crippen LogP contribution in [0.1, 0.15) is 44.1 Å². The second kappa shape index (κ2) is 6.66. The molecule has 1 unspecified atom stereocenters. The molecule has 0 radical (unpaired) electrons. The monoisotopic (exact) mass is 397 g/mol. The molecule has 4 rings (SSSR count). The van der Waals surface area contributed by atoms with E-state index in [4.69, 9.17) is 4.42 Å². The van der Waals surface area contributed by atoms with Crippen LogP contribution in [0.15, 0.2) is 51.8 Å². The zero-order valence-corrected chi connectivity index (χ0v) is 17.7. The lowest BCUT2D eigenvalue weighted by Gasteiger charge is -2.33. The topological polar surface area (TPSA) is 59.3 Å². The van der Waals surface area contributed by atoms with Crippen LogP contribution in [0.2, 0.25) is 0 Å². The fourth-order valence-electron chi connectivity index (χ4n) is 4.15. The average Bonchev–Trinajstić information content (AvgIpc) is 2.98. The van der Waals surface area contributed by atoms with Crippen LogP contribution in [-0.2, 0) is 22.9 Å². The van der Waals surface area contributed by atoms with Gasteiger partial charge in [-0.1, -0.05) is 39.0 Å². The lowest BCUT2D eigenvalue weighted by molar-refractivity contribution is 0.210. The lowest BCUT2D eigenvalue weighted by Crippen LogP contribution is -2.26. The molecular weight excluding hydrogens is 370 g/mol. The van der Waals surface area contributed by atoms with Crippen molar-refractivity contribution in [3.63, 3.8) is 0 Å². The number of hydrogen-bond donors (Lipinski definition) is 1. The number of anilines is 1. The summed E-state index contributed by atoms with van der Waals surface area (Å²) in [5.74, 6) is 1.64. The summed E-state index contributed by atoms with van der Waals surface area (Å²) in [6, 6.07) is 12.6. The molecule has 1 aliphatic rings. The summed E-state index contributed by atoms with van der Waals surface area (Å²) in [4.78, 5) is 0.303. The van der Waals surface area contributed by atoms with Crippen molar-refractivity contribution >= 4 is 26.7 Å². The van der Waals surface area contributed by atoms with Crippen LogP contribution in [0.3, 0.4) is 0 Å². The molecule has 0 spiro atoms. The Morgan fingerprint density at radius 3 is 2.57 bits per heavy atom. The summed E-state index contributed by atoms with van der Waals surface area (Å²) >= 11 is 0. The van der Waals surface area contributed by atoms with E-state index < -0.39 is 10.0 Å². The number of sulfonamides is 1. The number of rotatable bonds is 3. The number of hydrogen-bond acceptors (Lipinski definition) is 3. The fraction of sp³-hybridized carbons (Fsp3) is 0.391. The molecule has 1 aromatic heterocycles. The second-order valence-electron chi connectivity index (χ2n) is 8.89. The van der Waals surface area contributed by atoms with Gasteiger partial charge in [-0.2, -0.15) is 0 Å². The van der Waals surface area contributed by atoms with Crippen LogP contribution in [0, 0.1) is 18.3 Å². The number of fused-ring (bicyclic) bond motifs is 3. The zero-order chi connectivity index (χ0) is 20.1. The van der Waals surface area contributed by atoms with E-state index in [2.05, 4.69) is 25.5 Å². The predicted molar refractivity (Wildman–Crippen MR) is 113 cm³/mol. The Balaban J connectivity index is 1.70. The lowest BCUT2D eigenvalue weighted by atomic mass is 9.71. The summed E-state index contributed by atoms with van der Waals surface area (Å²) in [5.41, 5.74) is 3.60. The highest BCUT2D eigenvalue weighted by Crippen LogP contribution is 2.41. The summed E-state index contributed by atoms with van der Waals surface area (Å²) < 4.78 is 34.5. The molecule has 4 nitrogen and oxygen atoms in total. The molecule has 1 heterocycles. The second-order valence-corrected chi connectivity index (χ2v) is 10.5. The Bertz CT molecular complexity index is 1140. The van der Waals surface area contributed by atoms with Crippen molar-refractivity contribution in [2.45, 2.75) is 51.9 Å². The van der Waals surface area contributed by atoms with Crippen LogP contribution in [0.5, 0.6) is 0 Å². The molecule has 3 aromatic rings. The number of aryl methyl sites for hydroxylation is 2. The van der Waals surface area contributed by atoms with Crippen molar-refractivity contribution in [2.24, 2.45) is 11.3 Å². The molecule has 0 saturated heterocycles. The SMILES string of the molecule is Cc1ccccc1S(=O)(=O)Nc1ccc2oc3c(c2c1)CC(C(C)(C)C)CC3. The summed E-state index contributed by atoms with van der Waals surface area (Å²) in [5, 5.41) is 1.02. The Hall–Kier alpha value is -2.27.